The smallest absolute Gasteiger partial charge is 0.118 e. The molecule has 1 rings (SSSR count). The minimum atomic E-state index is -0.215. The Balaban J connectivity index is 3.23. The van der Waals surface area contributed by atoms with E-state index in [0.717, 1.165) is 5.75 Å². The Labute approximate surface area is 120 Å². The molecule has 0 aliphatic rings. The van der Waals surface area contributed by atoms with E-state index < -0.39 is 0 Å². The molecule has 1 nitrogen and oxygen atoms in total. The summed E-state index contributed by atoms with van der Waals surface area (Å²) in [6, 6.07) is 8.73. The normalized spacial score (nSPS) is 12.8. The second-order valence-electron chi connectivity index (χ2n) is 6.37. The highest BCUT2D eigenvalue weighted by atomic mass is 31.1. The second-order valence-corrected chi connectivity index (χ2v) is 9.97. The van der Waals surface area contributed by atoms with Crippen molar-refractivity contribution in [3.63, 3.8) is 0 Å². The summed E-state index contributed by atoms with van der Waals surface area (Å²) >= 11 is 0. The van der Waals surface area contributed by atoms with Crippen LogP contribution >= 0.6 is 7.92 Å². The topological polar surface area (TPSA) is 9.23 Å². The molecule has 0 saturated heterocycles. The maximum absolute atomic E-state index is 5.28. The Morgan fingerprint density at radius 2 is 1.32 bits per heavy atom. The van der Waals surface area contributed by atoms with Crippen LogP contribution in [0.3, 0.4) is 0 Å². The molecule has 0 aromatic heterocycles. The maximum atomic E-state index is 5.28. The first kappa shape index (κ1) is 16.5. The lowest BCUT2D eigenvalue weighted by Crippen LogP contribution is -2.34. The average Bonchev–Trinajstić information content (AvgIpc) is 2.39. The van der Waals surface area contributed by atoms with Crippen LogP contribution in [0.5, 0.6) is 5.75 Å². The number of rotatable bonds is 6. The molecule has 0 aliphatic carbocycles. The minimum absolute atomic E-state index is 0.215. The third-order valence-corrected chi connectivity index (χ3v) is 8.14. The zero-order valence-corrected chi connectivity index (χ0v) is 14.5. The molecule has 0 N–H and O–H groups in total. The third kappa shape index (κ3) is 3.72. The number of hydrogen-bond donors (Lipinski definition) is 0. The van der Waals surface area contributed by atoms with Crippen LogP contribution in [0.2, 0.25) is 0 Å². The minimum Gasteiger partial charge on any atom is -0.497 e. The SMILES string of the molecule is CCC(C)(C)P(c1ccc(OC)cc1)C(C)(C)CC. The number of methoxy groups -OCH3 is 1. The summed E-state index contributed by atoms with van der Waals surface area (Å²) in [5, 5.41) is 2.22. The van der Waals surface area contributed by atoms with E-state index in [9.17, 15) is 0 Å². The van der Waals surface area contributed by atoms with E-state index in [-0.39, 0.29) is 7.92 Å². The van der Waals surface area contributed by atoms with Gasteiger partial charge in [-0.25, -0.2) is 0 Å². The molecular formula is C17H29OP. The molecule has 19 heavy (non-hydrogen) atoms. The van der Waals surface area contributed by atoms with Crippen LogP contribution in [0.25, 0.3) is 0 Å². The Kier molecular flexibility index (Phi) is 5.44. The molecule has 0 radical (unpaired) electrons. The number of ether oxygens (including phenoxy) is 1. The molecule has 0 fully saturated rings. The van der Waals surface area contributed by atoms with Crippen molar-refractivity contribution in [2.75, 3.05) is 7.11 Å². The molecule has 0 aliphatic heterocycles. The van der Waals surface area contributed by atoms with Crippen molar-refractivity contribution in [3.8, 4) is 5.75 Å². The van der Waals surface area contributed by atoms with Crippen molar-refractivity contribution in [1.82, 2.24) is 0 Å². The van der Waals surface area contributed by atoms with Gasteiger partial charge in [0.25, 0.3) is 0 Å². The van der Waals surface area contributed by atoms with Crippen molar-refractivity contribution >= 4 is 13.2 Å². The fraction of sp³-hybridized carbons (Fsp3) is 0.647. The van der Waals surface area contributed by atoms with Crippen LogP contribution < -0.4 is 10.0 Å². The second kappa shape index (κ2) is 6.27. The fourth-order valence-corrected chi connectivity index (χ4v) is 6.68. The molecule has 2 heteroatoms. The van der Waals surface area contributed by atoms with Crippen molar-refractivity contribution < 1.29 is 4.74 Å². The van der Waals surface area contributed by atoms with Gasteiger partial charge in [0.2, 0.25) is 0 Å². The summed E-state index contributed by atoms with van der Waals surface area (Å²) in [5.74, 6) is 0.947. The molecule has 1 aromatic carbocycles. The molecule has 0 unspecified atom stereocenters. The molecular weight excluding hydrogens is 251 g/mol. The lowest BCUT2D eigenvalue weighted by atomic mass is 10.1. The largest absolute Gasteiger partial charge is 0.497 e. The van der Waals surface area contributed by atoms with Gasteiger partial charge in [-0.3, -0.25) is 0 Å². The van der Waals surface area contributed by atoms with Crippen LogP contribution in [-0.4, -0.2) is 17.4 Å². The van der Waals surface area contributed by atoms with Gasteiger partial charge in [0.1, 0.15) is 5.75 Å². The highest BCUT2D eigenvalue weighted by molar-refractivity contribution is 7.68. The van der Waals surface area contributed by atoms with Gasteiger partial charge in [0.05, 0.1) is 7.11 Å². The Bertz CT molecular complexity index is 376. The van der Waals surface area contributed by atoms with E-state index in [1.54, 1.807) is 7.11 Å². The molecule has 0 amide bonds. The Morgan fingerprint density at radius 3 is 1.63 bits per heavy atom. The molecule has 0 bridgehead atoms. The maximum Gasteiger partial charge on any atom is 0.118 e. The first-order valence-corrected chi connectivity index (χ1v) is 8.57. The van der Waals surface area contributed by atoms with E-state index in [2.05, 4.69) is 65.8 Å². The van der Waals surface area contributed by atoms with Crippen molar-refractivity contribution in [2.45, 2.75) is 64.7 Å². The summed E-state index contributed by atoms with van der Waals surface area (Å²) in [6.07, 6.45) is 2.43. The van der Waals surface area contributed by atoms with E-state index in [4.69, 9.17) is 4.74 Å². The van der Waals surface area contributed by atoms with Gasteiger partial charge in [-0.2, -0.15) is 0 Å². The first-order chi connectivity index (χ1) is 8.78. The third-order valence-electron chi connectivity index (χ3n) is 4.27. The van der Waals surface area contributed by atoms with Gasteiger partial charge in [-0.05, 0) is 40.6 Å². The monoisotopic (exact) mass is 280 g/mol. The predicted octanol–water partition coefficient (Wildman–Crippen LogP) is 5.18. The zero-order valence-electron chi connectivity index (χ0n) is 13.6. The summed E-state index contributed by atoms with van der Waals surface area (Å²) < 4.78 is 5.28. The molecule has 0 saturated carbocycles. The van der Waals surface area contributed by atoms with Gasteiger partial charge in [0.15, 0.2) is 0 Å². The van der Waals surface area contributed by atoms with Gasteiger partial charge in [-0.1, -0.05) is 61.6 Å². The first-order valence-electron chi connectivity index (χ1n) is 7.23. The highest BCUT2D eigenvalue weighted by Gasteiger charge is 2.39. The summed E-state index contributed by atoms with van der Waals surface area (Å²) in [4.78, 5) is 0. The van der Waals surface area contributed by atoms with Gasteiger partial charge in [0, 0.05) is 0 Å². The molecule has 108 valence electrons. The van der Waals surface area contributed by atoms with Crippen molar-refractivity contribution in [2.24, 2.45) is 0 Å². The van der Waals surface area contributed by atoms with Gasteiger partial charge >= 0.3 is 0 Å². The standard InChI is InChI=1S/C17H29OP/c1-8-16(3,4)19(17(5,6)9-2)15-12-10-14(18-7)11-13-15/h10-13H,8-9H2,1-7H3. The quantitative estimate of drug-likeness (QED) is 0.652. The van der Waals surface area contributed by atoms with Crippen molar-refractivity contribution in [1.29, 1.82) is 0 Å². The zero-order chi connectivity index (χ0) is 14.7. The van der Waals surface area contributed by atoms with Gasteiger partial charge < -0.3 is 4.74 Å². The van der Waals surface area contributed by atoms with Crippen LogP contribution in [0.4, 0.5) is 0 Å². The summed E-state index contributed by atoms with van der Waals surface area (Å²) in [6.45, 7) is 14.3. The summed E-state index contributed by atoms with van der Waals surface area (Å²) in [5.41, 5.74) is 0. The predicted molar refractivity (Wildman–Crippen MR) is 88.3 cm³/mol. The lowest BCUT2D eigenvalue weighted by Gasteiger charge is -2.45. The fourth-order valence-electron chi connectivity index (χ4n) is 2.57. The molecule has 0 spiro atoms. The highest BCUT2D eigenvalue weighted by Crippen LogP contribution is 2.61. The molecule has 0 atom stereocenters. The molecule has 0 heterocycles. The van der Waals surface area contributed by atoms with E-state index in [1.807, 2.05) is 0 Å². The Morgan fingerprint density at radius 1 is 0.895 bits per heavy atom. The lowest BCUT2D eigenvalue weighted by molar-refractivity contribution is 0.415. The van der Waals surface area contributed by atoms with Crippen LogP contribution in [0.1, 0.15) is 54.4 Å². The Hall–Kier alpha value is -0.550. The number of benzene rings is 1. The van der Waals surface area contributed by atoms with Gasteiger partial charge in [-0.15, -0.1) is 0 Å². The molecule has 1 aromatic rings. The number of hydrogen-bond acceptors (Lipinski definition) is 1. The van der Waals surface area contributed by atoms with Crippen LogP contribution in [0, 0.1) is 0 Å². The van der Waals surface area contributed by atoms with E-state index in [1.165, 1.54) is 18.1 Å². The van der Waals surface area contributed by atoms with E-state index in [0.29, 0.717) is 10.3 Å². The van der Waals surface area contributed by atoms with E-state index >= 15 is 0 Å². The average molecular weight is 280 g/mol. The van der Waals surface area contributed by atoms with Crippen LogP contribution in [0.15, 0.2) is 24.3 Å². The van der Waals surface area contributed by atoms with Crippen LogP contribution in [-0.2, 0) is 0 Å². The summed E-state index contributed by atoms with van der Waals surface area (Å²) in [7, 11) is 1.51. The van der Waals surface area contributed by atoms with Crippen molar-refractivity contribution in [3.05, 3.63) is 24.3 Å².